The van der Waals surface area contributed by atoms with Gasteiger partial charge < -0.3 is 5.73 Å². The Hall–Kier alpha value is -2.01. The van der Waals surface area contributed by atoms with Gasteiger partial charge in [-0.1, -0.05) is 6.07 Å². The molecule has 0 fully saturated rings. The largest absolute Gasteiger partial charge is 0.325 e. The third kappa shape index (κ3) is 2.57. The maximum Gasteiger partial charge on any atom is 0.267 e. The predicted molar refractivity (Wildman–Crippen MR) is 64.5 cm³/mol. The van der Waals surface area contributed by atoms with Crippen molar-refractivity contribution in [2.45, 2.75) is 20.0 Å². The number of nitrogens with two attached hydrogens (primary N) is 1. The quantitative estimate of drug-likeness (QED) is 0.831. The van der Waals surface area contributed by atoms with Gasteiger partial charge in [0.05, 0.1) is 18.4 Å². The van der Waals surface area contributed by atoms with Gasteiger partial charge in [-0.3, -0.25) is 9.78 Å². The Morgan fingerprint density at radius 2 is 2.29 bits per heavy atom. The molecule has 0 aliphatic heterocycles. The van der Waals surface area contributed by atoms with Crippen LogP contribution in [0.1, 0.15) is 16.8 Å². The molecule has 5 heteroatoms. The van der Waals surface area contributed by atoms with Crippen molar-refractivity contribution >= 4 is 0 Å². The molecule has 2 heterocycles. The van der Waals surface area contributed by atoms with E-state index < -0.39 is 0 Å². The fraction of sp³-hybridized carbons (Fsp3) is 0.250. The van der Waals surface area contributed by atoms with E-state index in [9.17, 15) is 4.79 Å². The Bertz CT molecular complexity index is 577. The first-order chi connectivity index (χ1) is 8.20. The summed E-state index contributed by atoms with van der Waals surface area (Å²) in [5.74, 6) is 0. The van der Waals surface area contributed by atoms with Gasteiger partial charge in [0.1, 0.15) is 0 Å². The Kier molecular flexibility index (Phi) is 3.30. The molecule has 17 heavy (non-hydrogen) atoms. The van der Waals surface area contributed by atoms with Gasteiger partial charge in [-0.15, -0.1) is 0 Å². The summed E-state index contributed by atoms with van der Waals surface area (Å²) in [5.41, 5.74) is 8.06. The second-order valence-electron chi connectivity index (χ2n) is 3.84. The van der Waals surface area contributed by atoms with Crippen LogP contribution in [0, 0.1) is 6.92 Å². The molecular weight excluding hydrogens is 216 g/mol. The van der Waals surface area contributed by atoms with Gasteiger partial charge in [-0.2, -0.15) is 5.10 Å². The Balaban J connectivity index is 2.35. The van der Waals surface area contributed by atoms with E-state index in [0.29, 0.717) is 13.1 Å². The summed E-state index contributed by atoms with van der Waals surface area (Å²) in [6, 6.07) is 5.29. The lowest BCUT2D eigenvalue weighted by atomic mass is 10.2. The summed E-state index contributed by atoms with van der Waals surface area (Å²) in [6.07, 6.45) is 3.36. The van der Waals surface area contributed by atoms with Crippen molar-refractivity contribution in [2.75, 3.05) is 0 Å². The zero-order chi connectivity index (χ0) is 12.3. The highest BCUT2D eigenvalue weighted by atomic mass is 16.1. The highest BCUT2D eigenvalue weighted by molar-refractivity contribution is 5.19. The van der Waals surface area contributed by atoms with Crippen LogP contribution in [-0.2, 0) is 13.1 Å². The first-order valence-electron chi connectivity index (χ1n) is 5.37. The van der Waals surface area contributed by atoms with E-state index in [1.165, 1.54) is 4.68 Å². The van der Waals surface area contributed by atoms with Gasteiger partial charge >= 0.3 is 0 Å². The van der Waals surface area contributed by atoms with Crippen LogP contribution in [0.25, 0.3) is 0 Å². The van der Waals surface area contributed by atoms with Crippen molar-refractivity contribution in [1.82, 2.24) is 14.8 Å². The molecule has 0 saturated heterocycles. The summed E-state index contributed by atoms with van der Waals surface area (Å²) >= 11 is 0. The number of rotatable bonds is 3. The molecule has 5 nitrogen and oxygen atoms in total. The summed E-state index contributed by atoms with van der Waals surface area (Å²) in [5, 5.41) is 4.08. The summed E-state index contributed by atoms with van der Waals surface area (Å²) in [6.45, 7) is 2.60. The van der Waals surface area contributed by atoms with Gasteiger partial charge in [0.2, 0.25) is 0 Å². The molecule has 0 saturated carbocycles. The molecule has 88 valence electrons. The van der Waals surface area contributed by atoms with Gasteiger partial charge in [-0.25, -0.2) is 4.68 Å². The summed E-state index contributed by atoms with van der Waals surface area (Å²) in [7, 11) is 0. The minimum atomic E-state index is -0.114. The van der Waals surface area contributed by atoms with Crippen molar-refractivity contribution in [3.05, 3.63) is 57.8 Å². The van der Waals surface area contributed by atoms with Crippen LogP contribution in [0.4, 0.5) is 0 Å². The first-order valence-corrected chi connectivity index (χ1v) is 5.37. The molecule has 0 spiro atoms. The molecule has 0 aliphatic rings. The highest BCUT2D eigenvalue weighted by Crippen LogP contribution is 2.05. The van der Waals surface area contributed by atoms with Crippen molar-refractivity contribution < 1.29 is 0 Å². The summed E-state index contributed by atoms with van der Waals surface area (Å²) < 4.78 is 1.41. The van der Waals surface area contributed by atoms with E-state index in [4.69, 9.17) is 5.73 Å². The van der Waals surface area contributed by atoms with Crippen molar-refractivity contribution in [1.29, 1.82) is 0 Å². The second kappa shape index (κ2) is 4.88. The van der Waals surface area contributed by atoms with Gasteiger partial charge in [0.25, 0.3) is 5.56 Å². The fourth-order valence-corrected chi connectivity index (χ4v) is 1.60. The molecule has 2 aromatic rings. The molecular formula is C12H14N4O. The third-order valence-electron chi connectivity index (χ3n) is 2.50. The Morgan fingerprint density at radius 3 is 3.00 bits per heavy atom. The number of aryl methyl sites for hydroxylation is 1. The molecule has 2 N–H and O–H groups in total. The average Bonchev–Trinajstić information content (AvgIpc) is 2.33. The third-order valence-corrected chi connectivity index (χ3v) is 2.50. The zero-order valence-corrected chi connectivity index (χ0v) is 9.63. The number of hydrogen-bond donors (Lipinski definition) is 1. The number of hydrogen-bond acceptors (Lipinski definition) is 4. The topological polar surface area (TPSA) is 73.8 Å². The van der Waals surface area contributed by atoms with Gasteiger partial charge in [-0.05, 0) is 24.1 Å². The van der Waals surface area contributed by atoms with E-state index in [2.05, 4.69) is 10.1 Å². The van der Waals surface area contributed by atoms with Gasteiger partial charge in [0, 0.05) is 18.8 Å². The van der Waals surface area contributed by atoms with E-state index in [1.54, 1.807) is 18.5 Å². The maximum atomic E-state index is 11.7. The standard InChI is InChI=1S/C12H14N4O/c1-9-5-12(17)16(15-7-9)8-10-3-2-4-14-11(10)6-13/h2-5,7H,6,8,13H2,1H3. The number of pyridine rings is 1. The average molecular weight is 230 g/mol. The Morgan fingerprint density at radius 1 is 1.47 bits per heavy atom. The van der Waals surface area contributed by atoms with Crippen LogP contribution in [0.5, 0.6) is 0 Å². The monoisotopic (exact) mass is 230 g/mol. The zero-order valence-electron chi connectivity index (χ0n) is 9.63. The van der Waals surface area contributed by atoms with E-state index >= 15 is 0 Å². The van der Waals surface area contributed by atoms with E-state index in [-0.39, 0.29) is 5.56 Å². The molecule has 0 bridgehead atoms. The summed E-state index contributed by atoms with van der Waals surface area (Å²) in [4.78, 5) is 15.9. The second-order valence-corrected chi connectivity index (χ2v) is 3.84. The molecule has 0 atom stereocenters. The van der Waals surface area contributed by atoms with Crippen LogP contribution in [0.2, 0.25) is 0 Å². The molecule has 0 unspecified atom stereocenters. The van der Waals surface area contributed by atoms with Gasteiger partial charge in [0.15, 0.2) is 0 Å². The highest BCUT2D eigenvalue weighted by Gasteiger charge is 2.04. The fourth-order valence-electron chi connectivity index (χ4n) is 1.60. The van der Waals surface area contributed by atoms with Crippen LogP contribution >= 0.6 is 0 Å². The SMILES string of the molecule is Cc1cnn(Cc2cccnc2CN)c(=O)c1. The minimum Gasteiger partial charge on any atom is -0.325 e. The molecule has 2 rings (SSSR count). The van der Waals surface area contributed by atoms with Crippen LogP contribution in [0.15, 0.2) is 35.4 Å². The number of nitrogens with zero attached hydrogens (tertiary/aromatic N) is 3. The molecule has 0 aliphatic carbocycles. The predicted octanol–water partition coefficient (Wildman–Crippen LogP) is 0.454. The smallest absolute Gasteiger partial charge is 0.267 e. The van der Waals surface area contributed by atoms with Crippen molar-refractivity contribution in [2.24, 2.45) is 5.73 Å². The first kappa shape index (κ1) is 11.5. The maximum absolute atomic E-state index is 11.7. The van der Waals surface area contributed by atoms with Crippen molar-refractivity contribution in [3.8, 4) is 0 Å². The molecule has 0 amide bonds. The minimum absolute atomic E-state index is 0.114. The van der Waals surface area contributed by atoms with E-state index in [1.807, 2.05) is 19.1 Å². The normalized spacial score (nSPS) is 10.5. The molecule has 0 aromatic carbocycles. The van der Waals surface area contributed by atoms with Crippen molar-refractivity contribution in [3.63, 3.8) is 0 Å². The van der Waals surface area contributed by atoms with Crippen LogP contribution < -0.4 is 11.3 Å². The molecule has 0 radical (unpaired) electrons. The van der Waals surface area contributed by atoms with E-state index in [0.717, 1.165) is 16.8 Å². The lowest BCUT2D eigenvalue weighted by Gasteiger charge is -2.07. The lowest BCUT2D eigenvalue weighted by molar-refractivity contribution is 0.629. The Labute approximate surface area is 98.9 Å². The molecule has 2 aromatic heterocycles. The number of aromatic nitrogens is 3. The lowest BCUT2D eigenvalue weighted by Crippen LogP contribution is -2.23. The van der Waals surface area contributed by atoms with Crippen LogP contribution in [0.3, 0.4) is 0 Å². The van der Waals surface area contributed by atoms with Crippen LogP contribution in [-0.4, -0.2) is 14.8 Å².